The average Bonchev–Trinajstić information content (AvgIpc) is 2.46. The Bertz CT molecular complexity index is 668. The summed E-state index contributed by atoms with van der Waals surface area (Å²) in [5.41, 5.74) is 0.0707. The summed E-state index contributed by atoms with van der Waals surface area (Å²) in [6.45, 7) is 1.46. The fraction of sp³-hybridized carbons (Fsp3) is 0.429. The molecule has 1 amide bonds. The van der Waals surface area contributed by atoms with E-state index in [-0.39, 0.29) is 16.4 Å². The van der Waals surface area contributed by atoms with Crippen LogP contribution in [0.5, 0.6) is 0 Å². The maximum atomic E-state index is 12.0. The quantitative estimate of drug-likeness (QED) is 0.738. The van der Waals surface area contributed by atoms with Crippen molar-refractivity contribution < 1.29 is 22.7 Å². The normalized spacial score (nSPS) is 12.8. The minimum absolute atomic E-state index is 0.0152. The Kier molecular flexibility index (Phi) is 5.67. The smallest absolute Gasteiger partial charge is 0.338 e. The number of sulfonamides is 1. The van der Waals surface area contributed by atoms with Crippen LogP contribution in [-0.4, -0.2) is 63.8 Å². The molecule has 1 rings (SSSR count). The van der Waals surface area contributed by atoms with Gasteiger partial charge in [-0.05, 0) is 25.1 Å². The number of rotatable bonds is 5. The number of amides is 1. The third-order valence-electron chi connectivity index (χ3n) is 2.92. The Balaban J connectivity index is 3.00. The fourth-order valence-electron chi connectivity index (χ4n) is 1.64. The number of hydrogen-bond acceptors (Lipinski definition) is 5. The standard InChI is InChI=1S/C14H20N2O5S/c1-10(13(17)15(2)3)21-14(18)11-7-6-8-12(9-11)22(19,20)16(4)5/h6-10H,1-5H3/t10-/m0/s1. The summed E-state index contributed by atoms with van der Waals surface area (Å²) >= 11 is 0. The van der Waals surface area contributed by atoms with Crippen LogP contribution in [0.15, 0.2) is 29.2 Å². The van der Waals surface area contributed by atoms with Crippen LogP contribution in [0.25, 0.3) is 0 Å². The molecule has 1 atom stereocenters. The van der Waals surface area contributed by atoms with Gasteiger partial charge in [0.25, 0.3) is 5.91 Å². The zero-order valence-corrected chi connectivity index (χ0v) is 14.0. The highest BCUT2D eigenvalue weighted by Crippen LogP contribution is 2.16. The van der Waals surface area contributed by atoms with Crippen molar-refractivity contribution >= 4 is 21.9 Å². The summed E-state index contributed by atoms with van der Waals surface area (Å²) in [6.07, 6.45) is -0.948. The molecule has 0 saturated carbocycles. The fourth-order valence-corrected chi connectivity index (χ4v) is 2.59. The number of hydrogen-bond donors (Lipinski definition) is 0. The van der Waals surface area contributed by atoms with E-state index in [1.54, 1.807) is 14.1 Å². The molecule has 1 aromatic rings. The van der Waals surface area contributed by atoms with Gasteiger partial charge in [-0.25, -0.2) is 17.5 Å². The molecule has 0 heterocycles. The van der Waals surface area contributed by atoms with Gasteiger partial charge in [-0.1, -0.05) is 6.07 Å². The first kappa shape index (κ1) is 18.1. The van der Waals surface area contributed by atoms with E-state index in [9.17, 15) is 18.0 Å². The molecule has 0 radical (unpaired) electrons. The maximum Gasteiger partial charge on any atom is 0.338 e. The minimum atomic E-state index is -3.64. The molecule has 8 heteroatoms. The second kappa shape index (κ2) is 6.89. The molecule has 0 fully saturated rings. The van der Waals surface area contributed by atoms with Gasteiger partial charge in [0.1, 0.15) is 0 Å². The Labute approximate surface area is 130 Å². The molecule has 122 valence electrons. The molecule has 0 bridgehead atoms. The van der Waals surface area contributed by atoms with E-state index in [1.165, 1.54) is 50.2 Å². The molecule has 7 nitrogen and oxygen atoms in total. The van der Waals surface area contributed by atoms with Crippen LogP contribution < -0.4 is 0 Å². The van der Waals surface area contributed by atoms with Crippen molar-refractivity contribution in [2.45, 2.75) is 17.9 Å². The van der Waals surface area contributed by atoms with Crippen molar-refractivity contribution in [3.05, 3.63) is 29.8 Å². The second-order valence-electron chi connectivity index (χ2n) is 5.10. The zero-order chi connectivity index (χ0) is 17.1. The number of carbonyl (C=O) groups is 2. The molecular weight excluding hydrogens is 308 g/mol. The Morgan fingerprint density at radius 1 is 1.14 bits per heavy atom. The summed E-state index contributed by atoms with van der Waals surface area (Å²) in [6, 6.07) is 5.50. The molecule has 0 N–H and O–H groups in total. The molecule has 0 aromatic heterocycles. The van der Waals surface area contributed by atoms with Crippen LogP contribution in [0.1, 0.15) is 17.3 Å². The molecule has 0 unspecified atom stereocenters. The van der Waals surface area contributed by atoms with Crippen LogP contribution in [0.2, 0.25) is 0 Å². The first-order valence-electron chi connectivity index (χ1n) is 6.52. The Morgan fingerprint density at radius 3 is 2.23 bits per heavy atom. The lowest BCUT2D eigenvalue weighted by molar-refractivity contribution is -0.137. The molecule has 0 aliphatic heterocycles. The van der Waals surface area contributed by atoms with E-state index in [2.05, 4.69) is 0 Å². The summed E-state index contributed by atoms with van der Waals surface area (Å²) in [5, 5.41) is 0. The van der Waals surface area contributed by atoms with Gasteiger partial charge in [0, 0.05) is 28.2 Å². The first-order chi connectivity index (χ1) is 10.1. The van der Waals surface area contributed by atoms with E-state index in [0.717, 1.165) is 4.31 Å². The van der Waals surface area contributed by atoms with Crippen molar-refractivity contribution in [2.75, 3.05) is 28.2 Å². The maximum absolute atomic E-state index is 12.0. The zero-order valence-electron chi connectivity index (χ0n) is 13.2. The van der Waals surface area contributed by atoms with E-state index in [4.69, 9.17) is 4.74 Å². The van der Waals surface area contributed by atoms with Crippen LogP contribution in [0.3, 0.4) is 0 Å². The van der Waals surface area contributed by atoms with Gasteiger partial charge in [-0.3, -0.25) is 4.79 Å². The predicted molar refractivity (Wildman–Crippen MR) is 80.9 cm³/mol. The van der Waals surface area contributed by atoms with Gasteiger partial charge < -0.3 is 9.64 Å². The third kappa shape index (κ3) is 4.05. The Morgan fingerprint density at radius 2 is 1.73 bits per heavy atom. The SMILES string of the molecule is C[C@H](OC(=O)c1cccc(S(=O)(=O)N(C)C)c1)C(=O)N(C)C. The van der Waals surface area contributed by atoms with Crippen LogP contribution in [-0.2, 0) is 19.6 Å². The first-order valence-corrected chi connectivity index (χ1v) is 7.96. The summed E-state index contributed by atoms with van der Waals surface area (Å²) in [7, 11) is 2.27. The van der Waals surface area contributed by atoms with Crippen molar-refractivity contribution in [1.29, 1.82) is 0 Å². The molecule has 1 aromatic carbocycles. The van der Waals surface area contributed by atoms with Gasteiger partial charge in [0.15, 0.2) is 6.10 Å². The predicted octanol–water partition coefficient (Wildman–Crippen LogP) is 0.570. The summed E-state index contributed by atoms with van der Waals surface area (Å²) in [5.74, 6) is -1.11. The number of likely N-dealkylation sites (N-methyl/N-ethyl adjacent to an activating group) is 1. The molecule has 0 spiro atoms. The number of ether oxygens (including phenoxy) is 1. The van der Waals surface area contributed by atoms with Crippen molar-refractivity contribution in [3.63, 3.8) is 0 Å². The lowest BCUT2D eigenvalue weighted by atomic mass is 10.2. The highest BCUT2D eigenvalue weighted by atomic mass is 32.2. The summed E-state index contributed by atoms with van der Waals surface area (Å²) in [4.78, 5) is 25.0. The topological polar surface area (TPSA) is 84.0 Å². The van der Waals surface area contributed by atoms with Gasteiger partial charge in [-0.2, -0.15) is 0 Å². The van der Waals surface area contributed by atoms with Crippen molar-refractivity contribution in [3.8, 4) is 0 Å². The van der Waals surface area contributed by atoms with Gasteiger partial charge in [-0.15, -0.1) is 0 Å². The molecule has 0 saturated heterocycles. The Hall–Kier alpha value is -1.93. The monoisotopic (exact) mass is 328 g/mol. The van der Waals surface area contributed by atoms with Crippen LogP contribution in [0.4, 0.5) is 0 Å². The van der Waals surface area contributed by atoms with Gasteiger partial charge in [0.05, 0.1) is 10.5 Å². The molecule has 0 aliphatic carbocycles. The lowest BCUT2D eigenvalue weighted by Gasteiger charge is -2.17. The average molecular weight is 328 g/mol. The number of carbonyl (C=O) groups excluding carboxylic acids is 2. The minimum Gasteiger partial charge on any atom is -0.449 e. The summed E-state index contributed by atoms with van der Waals surface area (Å²) < 4.78 is 30.2. The lowest BCUT2D eigenvalue weighted by Crippen LogP contribution is -2.34. The van der Waals surface area contributed by atoms with E-state index >= 15 is 0 Å². The van der Waals surface area contributed by atoms with E-state index < -0.39 is 22.1 Å². The van der Waals surface area contributed by atoms with E-state index in [0.29, 0.717) is 0 Å². The highest BCUT2D eigenvalue weighted by Gasteiger charge is 2.22. The van der Waals surface area contributed by atoms with Crippen molar-refractivity contribution in [2.24, 2.45) is 0 Å². The third-order valence-corrected chi connectivity index (χ3v) is 4.73. The van der Waals surface area contributed by atoms with Crippen LogP contribution in [0, 0.1) is 0 Å². The number of benzene rings is 1. The molecular formula is C14H20N2O5S. The molecule has 0 aliphatic rings. The molecule has 22 heavy (non-hydrogen) atoms. The second-order valence-corrected chi connectivity index (χ2v) is 7.25. The van der Waals surface area contributed by atoms with Gasteiger partial charge in [0.2, 0.25) is 10.0 Å². The number of nitrogens with zero attached hydrogens (tertiary/aromatic N) is 2. The van der Waals surface area contributed by atoms with Gasteiger partial charge >= 0.3 is 5.97 Å². The van der Waals surface area contributed by atoms with E-state index in [1.807, 2.05) is 0 Å². The number of esters is 1. The highest BCUT2D eigenvalue weighted by molar-refractivity contribution is 7.89. The van der Waals surface area contributed by atoms with Crippen molar-refractivity contribution in [1.82, 2.24) is 9.21 Å². The van der Waals surface area contributed by atoms with Crippen LogP contribution >= 0.6 is 0 Å². The largest absolute Gasteiger partial charge is 0.449 e.